The predicted octanol–water partition coefficient (Wildman–Crippen LogP) is 6.95. The smallest absolute Gasteiger partial charge is 0.410 e. The molecule has 3 aromatic rings. The molecule has 0 radical (unpaired) electrons. The van der Waals surface area contributed by atoms with E-state index in [9.17, 15) is 9.59 Å². The molecule has 0 unspecified atom stereocenters. The minimum atomic E-state index is -0.510. The van der Waals surface area contributed by atoms with Crippen LogP contribution in [0.4, 0.5) is 15.7 Å². The van der Waals surface area contributed by atoms with Crippen LogP contribution in [0, 0.1) is 13.8 Å². The van der Waals surface area contributed by atoms with Gasteiger partial charge in [-0.05, 0) is 63.4 Å². The van der Waals surface area contributed by atoms with E-state index in [1.54, 1.807) is 23.4 Å². The number of aromatic nitrogens is 4. The maximum atomic E-state index is 12.4. The number of carbonyl (C=O) groups excluding carboxylic acids is 2. The first-order valence-electron chi connectivity index (χ1n) is 12.9. The Hall–Kier alpha value is -3.12. The fourth-order valence-corrected chi connectivity index (χ4v) is 5.17. The molecule has 12 heteroatoms. The molecule has 208 valence electrons. The maximum Gasteiger partial charge on any atom is 0.410 e. The van der Waals surface area contributed by atoms with Crippen LogP contribution < -0.4 is 10.1 Å². The van der Waals surface area contributed by atoms with Gasteiger partial charge in [0, 0.05) is 66.5 Å². The van der Waals surface area contributed by atoms with Gasteiger partial charge in [-0.2, -0.15) is 4.37 Å². The third-order valence-electron chi connectivity index (χ3n) is 6.30. The van der Waals surface area contributed by atoms with Crippen LogP contribution in [0.2, 0.25) is 0 Å². The molecule has 1 fully saturated rings. The van der Waals surface area contributed by atoms with Crippen molar-refractivity contribution in [2.24, 2.45) is 0 Å². The Morgan fingerprint density at radius 1 is 1.18 bits per heavy atom. The molecule has 3 aromatic heterocycles. The third-order valence-corrected chi connectivity index (χ3v) is 7.54. The first-order chi connectivity index (χ1) is 18.4. The van der Waals surface area contributed by atoms with Crippen LogP contribution in [-0.4, -0.2) is 54.8 Å². The number of rotatable bonds is 7. The molecular formula is C27H33BrN6O4S. The summed E-state index contributed by atoms with van der Waals surface area (Å²) in [5, 5.41) is 3.83. The van der Waals surface area contributed by atoms with Crippen LogP contribution >= 0.6 is 27.5 Å². The highest BCUT2D eigenvalue weighted by Gasteiger charge is 2.29. The zero-order chi connectivity index (χ0) is 28.3. The molecule has 4 heterocycles. The fraction of sp³-hybridized carbons (Fsp3) is 0.481. The number of amides is 1. The van der Waals surface area contributed by atoms with Crippen LogP contribution in [0.1, 0.15) is 80.3 Å². The number of halogens is 1. The Balaban J connectivity index is 1.43. The third kappa shape index (κ3) is 7.10. The van der Waals surface area contributed by atoms with Gasteiger partial charge in [0.1, 0.15) is 23.0 Å². The molecule has 0 aromatic carbocycles. The van der Waals surface area contributed by atoms with E-state index in [-0.39, 0.29) is 17.8 Å². The second kappa shape index (κ2) is 12.0. The molecule has 4 rings (SSSR count). The van der Waals surface area contributed by atoms with Crippen LogP contribution in [0.15, 0.2) is 22.9 Å². The summed E-state index contributed by atoms with van der Waals surface area (Å²) in [5.41, 5.74) is 1.48. The molecule has 1 saturated heterocycles. The van der Waals surface area contributed by atoms with Gasteiger partial charge < -0.3 is 19.7 Å². The van der Waals surface area contributed by atoms with E-state index in [4.69, 9.17) is 9.47 Å². The molecule has 0 bridgehead atoms. The van der Waals surface area contributed by atoms with Gasteiger partial charge >= 0.3 is 6.09 Å². The van der Waals surface area contributed by atoms with Gasteiger partial charge in [-0.3, -0.25) is 9.78 Å². The molecule has 0 spiro atoms. The van der Waals surface area contributed by atoms with E-state index >= 15 is 0 Å². The van der Waals surface area contributed by atoms with Crippen molar-refractivity contribution in [2.45, 2.75) is 72.3 Å². The number of ether oxygens (including phenoxy) is 2. The molecule has 0 aliphatic carbocycles. The number of aryl methyl sites for hydroxylation is 1. The van der Waals surface area contributed by atoms with Crippen LogP contribution in [0.3, 0.4) is 0 Å². The molecule has 1 amide bonds. The summed E-state index contributed by atoms with van der Waals surface area (Å²) in [5.74, 6) is 2.56. The van der Waals surface area contributed by atoms with Crippen molar-refractivity contribution in [3.8, 4) is 11.5 Å². The highest BCUT2D eigenvalue weighted by molar-refractivity contribution is 9.10. The van der Waals surface area contributed by atoms with Gasteiger partial charge in [0.05, 0.1) is 10.2 Å². The Bertz CT molecular complexity index is 1360. The maximum absolute atomic E-state index is 12.4. The van der Waals surface area contributed by atoms with E-state index in [1.807, 2.05) is 41.5 Å². The van der Waals surface area contributed by atoms with Crippen molar-refractivity contribution in [1.29, 1.82) is 0 Å². The second-order valence-corrected chi connectivity index (χ2v) is 12.0. The number of hydrogen-bond acceptors (Lipinski definition) is 10. The van der Waals surface area contributed by atoms with Gasteiger partial charge in [0.15, 0.2) is 11.5 Å². The number of nitrogens with one attached hydrogen (secondary N) is 1. The quantitative estimate of drug-likeness (QED) is 0.281. The van der Waals surface area contributed by atoms with Crippen molar-refractivity contribution < 1.29 is 19.1 Å². The molecule has 10 nitrogen and oxygen atoms in total. The highest BCUT2D eigenvalue weighted by Crippen LogP contribution is 2.36. The van der Waals surface area contributed by atoms with Crippen LogP contribution in [0.25, 0.3) is 0 Å². The monoisotopic (exact) mass is 616 g/mol. The van der Waals surface area contributed by atoms with Crippen molar-refractivity contribution in [1.82, 2.24) is 24.2 Å². The number of hydrogen-bond donors (Lipinski definition) is 1. The second-order valence-electron chi connectivity index (χ2n) is 10.4. The molecule has 0 saturated carbocycles. The summed E-state index contributed by atoms with van der Waals surface area (Å²) in [7, 11) is 0. The number of anilines is 2. The summed E-state index contributed by atoms with van der Waals surface area (Å²) in [6.45, 7) is 12.4. The number of Topliss-reactive ketones (excluding diaryl/α,β-unsaturated/α-hetero) is 1. The average Bonchev–Trinajstić information content (AvgIpc) is 3.35. The SMILES string of the molecule is CCC(=O)c1cnc(C)c(Oc2cc(Nc3nc(C4CCN(C(=O)OC(C)(C)C)CC4)ns3)ncc2Br)c1C. The summed E-state index contributed by atoms with van der Waals surface area (Å²) in [4.78, 5) is 39.9. The number of ketones is 1. The van der Waals surface area contributed by atoms with E-state index < -0.39 is 5.60 Å². The molecule has 39 heavy (non-hydrogen) atoms. The summed E-state index contributed by atoms with van der Waals surface area (Å²) in [6, 6.07) is 1.76. The molecule has 0 atom stereocenters. The van der Waals surface area contributed by atoms with Gasteiger partial charge in [-0.25, -0.2) is 14.8 Å². The van der Waals surface area contributed by atoms with Gasteiger partial charge in [-0.15, -0.1) is 0 Å². The first kappa shape index (κ1) is 28.9. The lowest BCUT2D eigenvalue weighted by atomic mass is 9.96. The molecule has 1 N–H and O–H groups in total. The van der Waals surface area contributed by atoms with Crippen molar-refractivity contribution >= 4 is 50.3 Å². The van der Waals surface area contributed by atoms with Crippen molar-refractivity contribution in [2.75, 3.05) is 18.4 Å². The Kier molecular flexibility index (Phi) is 8.85. The predicted molar refractivity (Wildman–Crippen MR) is 153 cm³/mol. The van der Waals surface area contributed by atoms with Gasteiger partial charge in [-0.1, -0.05) is 6.92 Å². The van der Waals surface area contributed by atoms with Crippen LogP contribution in [0.5, 0.6) is 11.5 Å². The topological polar surface area (TPSA) is 119 Å². The van der Waals surface area contributed by atoms with Gasteiger partial charge in [0.25, 0.3) is 0 Å². The Morgan fingerprint density at radius 3 is 2.56 bits per heavy atom. The van der Waals surface area contributed by atoms with E-state index in [2.05, 4.69) is 40.6 Å². The molecule has 1 aliphatic heterocycles. The summed E-state index contributed by atoms with van der Waals surface area (Å²) < 4.78 is 16.9. The lowest BCUT2D eigenvalue weighted by molar-refractivity contribution is 0.0203. The Labute approximate surface area is 240 Å². The molecule has 1 aliphatic rings. The summed E-state index contributed by atoms with van der Waals surface area (Å²) >= 11 is 4.77. The number of pyridine rings is 2. The number of piperidine rings is 1. The number of likely N-dealkylation sites (tertiary alicyclic amines) is 1. The fourth-order valence-electron chi connectivity index (χ4n) is 4.22. The summed E-state index contributed by atoms with van der Waals surface area (Å²) in [6.07, 6.45) is 4.91. The van der Waals surface area contributed by atoms with Crippen molar-refractivity contribution in [3.63, 3.8) is 0 Å². The number of nitrogens with zero attached hydrogens (tertiary/aromatic N) is 5. The van der Waals surface area contributed by atoms with Crippen molar-refractivity contribution in [3.05, 3.63) is 45.6 Å². The standard InChI is InChI=1S/C27H33BrN6O4S/c1-7-20(35)18-13-29-16(3)23(15(18)2)37-21-12-22(30-14-19(21)28)31-25-32-24(33-39-25)17-8-10-34(11-9-17)26(36)38-27(4,5)6/h12-14,17H,7-11H2,1-6H3,(H,30,31,32,33). The lowest BCUT2D eigenvalue weighted by Gasteiger charge is -2.32. The van der Waals surface area contributed by atoms with E-state index in [0.29, 0.717) is 57.7 Å². The minimum absolute atomic E-state index is 0.0172. The largest absolute Gasteiger partial charge is 0.454 e. The highest BCUT2D eigenvalue weighted by atomic mass is 79.9. The van der Waals surface area contributed by atoms with E-state index in [1.165, 1.54) is 11.5 Å². The lowest BCUT2D eigenvalue weighted by Crippen LogP contribution is -2.41. The normalized spacial score (nSPS) is 14.3. The van der Waals surface area contributed by atoms with Crippen LogP contribution in [-0.2, 0) is 4.74 Å². The average molecular weight is 618 g/mol. The van der Waals surface area contributed by atoms with E-state index in [0.717, 1.165) is 24.2 Å². The number of carbonyl (C=O) groups is 2. The first-order valence-corrected chi connectivity index (χ1v) is 14.4. The Morgan fingerprint density at radius 2 is 1.90 bits per heavy atom. The minimum Gasteiger partial charge on any atom is -0.454 e. The van der Waals surface area contributed by atoms with Gasteiger partial charge in [0.2, 0.25) is 5.13 Å². The zero-order valence-corrected chi connectivity index (χ0v) is 25.4. The molecular weight excluding hydrogens is 584 g/mol. The zero-order valence-electron chi connectivity index (χ0n) is 23.0.